The highest BCUT2D eigenvalue weighted by atomic mass is 16.5. The molecular weight excluding hydrogens is 174 g/mol. The second-order valence-corrected chi connectivity index (χ2v) is 3.95. The molecule has 1 aromatic carbocycles. The molecule has 1 aromatic rings. The Labute approximate surface area is 85.3 Å². The van der Waals surface area contributed by atoms with E-state index < -0.39 is 0 Å². The fourth-order valence-corrected chi connectivity index (χ4v) is 1.88. The van der Waals surface area contributed by atoms with Crippen LogP contribution in [-0.2, 0) is 0 Å². The molecule has 1 N–H and O–H groups in total. The third kappa shape index (κ3) is 1.90. The fourth-order valence-electron chi connectivity index (χ4n) is 1.88. The van der Waals surface area contributed by atoms with E-state index >= 15 is 0 Å². The minimum absolute atomic E-state index is 0.356. The lowest BCUT2D eigenvalue weighted by atomic mass is 10.1. The summed E-state index contributed by atoms with van der Waals surface area (Å²) in [6.45, 7) is 6.26. The predicted octanol–water partition coefficient (Wildman–Crippen LogP) is 2.04. The number of rotatable bonds is 2. The zero-order valence-electron chi connectivity index (χ0n) is 8.84. The largest absolute Gasteiger partial charge is 0.489 e. The van der Waals surface area contributed by atoms with Crippen molar-refractivity contribution in [1.29, 1.82) is 0 Å². The fraction of sp³-hybridized carbons (Fsp3) is 0.500. The molecule has 0 aromatic heterocycles. The minimum Gasteiger partial charge on any atom is -0.489 e. The van der Waals surface area contributed by atoms with E-state index in [1.165, 1.54) is 11.1 Å². The summed E-state index contributed by atoms with van der Waals surface area (Å²) in [5.74, 6) is 1.07. The molecule has 0 radical (unpaired) electrons. The van der Waals surface area contributed by atoms with Gasteiger partial charge >= 0.3 is 0 Å². The Morgan fingerprint density at radius 1 is 1.29 bits per heavy atom. The molecule has 2 nitrogen and oxygen atoms in total. The van der Waals surface area contributed by atoms with Gasteiger partial charge in [0.05, 0.1) is 0 Å². The molecule has 0 bridgehead atoms. The molecule has 2 rings (SSSR count). The Hall–Kier alpha value is -1.02. The van der Waals surface area contributed by atoms with Crippen LogP contribution in [0.3, 0.4) is 0 Å². The van der Waals surface area contributed by atoms with Crippen molar-refractivity contribution in [3.8, 4) is 5.75 Å². The van der Waals surface area contributed by atoms with E-state index in [1.54, 1.807) is 0 Å². The average molecular weight is 191 g/mol. The van der Waals surface area contributed by atoms with Crippen LogP contribution in [0.2, 0.25) is 0 Å². The number of hydrogen-bond donors (Lipinski definition) is 1. The van der Waals surface area contributed by atoms with Crippen LogP contribution in [0.15, 0.2) is 18.2 Å². The van der Waals surface area contributed by atoms with E-state index in [2.05, 4.69) is 37.4 Å². The molecule has 1 aliphatic rings. The van der Waals surface area contributed by atoms with E-state index in [0.29, 0.717) is 6.10 Å². The summed E-state index contributed by atoms with van der Waals surface area (Å²) in [5.41, 5.74) is 2.47. The Kier molecular flexibility index (Phi) is 2.73. The van der Waals surface area contributed by atoms with Crippen molar-refractivity contribution < 1.29 is 4.74 Å². The topological polar surface area (TPSA) is 21.3 Å². The van der Waals surface area contributed by atoms with Gasteiger partial charge < -0.3 is 10.1 Å². The molecule has 0 unspecified atom stereocenters. The normalized spacial score (nSPS) is 21.1. The summed E-state index contributed by atoms with van der Waals surface area (Å²) in [5, 5.41) is 3.31. The highest BCUT2D eigenvalue weighted by molar-refractivity contribution is 5.39. The van der Waals surface area contributed by atoms with Crippen LogP contribution in [0, 0.1) is 13.8 Å². The molecule has 0 aliphatic carbocycles. The Morgan fingerprint density at radius 2 is 2.00 bits per heavy atom. The first kappa shape index (κ1) is 9.53. The van der Waals surface area contributed by atoms with Crippen molar-refractivity contribution in [2.24, 2.45) is 0 Å². The quantitative estimate of drug-likeness (QED) is 0.772. The van der Waals surface area contributed by atoms with Crippen LogP contribution in [0.1, 0.15) is 17.5 Å². The first-order valence-corrected chi connectivity index (χ1v) is 5.21. The van der Waals surface area contributed by atoms with Crippen molar-refractivity contribution in [1.82, 2.24) is 5.32 Å². The average Bonchev–Trinajstić information content (AvgIpc) is 2.64. The van der Waals surface area contributed by atoms with Gasteiger partial charge in [-0.15, -0.1) is 0 Å². The predicted molar refractivity (Wildman–Crippen MR) is 57.8 cm³/mol. The van der Waals surface area contributed by atoms with E-state index in [1.807, 2.05) is 0 Å². The number of aryl methyl sites for hydroxylation is 2. The van der Waals surface area contributed by atoms with Gasteiger partial charge in [-0.05, 0) is 37.9 Å². The number of para-hydroxylation sites is 1. The van der Waals surface area contributed by atoms with Crippen molar-refractivity contribution in [2.45, 2.75) is 26.4 Å². The zero-order chi connectivity index (χ0) is 9.97. The second kappa shape index (κ2) is 4.01. The second-order valence-electron chi connectivity index (χ2n) is 3.95. The van der Waals surface area contributed by atoms with Gasteiger partial charge in [-0.25, -0.2) is 0 Å². The van der Waals surface area contributed by atoms with Gasteiger partial charge in [0.1, 0.15) is 11.9 Å². The maximum absolute atomic E-state index is 5.97. The van der Waals surface area contributed by atoms with Crippen LogP contribution < -0.4 is 10.1 Å². The van der Waals surface area contributed by atoms with Crippen molar-refractivity contribution in [3.63, 3.8) is 0 Å². The lowest BCUT2D eigenvalue weighted by Gasteiger charge is -2.16. The molecule has 0 saturated carbocycles. The SMILES string of the molecule is Cc1cccc(C)c1O[C@H]1CCNC1. The molecule has 0 amide bonds. The summed E-state index contributed by atoms with van der Waals surface area (Å²) in [7, 11) is 0. The van der Waals surface area contributed by atoms with Gasteiger partial charge in [0.15, 0.2) is 0 Å². The molecule has 14 heavy (non-hydrogen) atoms. The van der Waals surface area contributed by atoms with Crippen molar-refractivity contribution in [2.75, 3.05) is 13.1 Å². The third-order valence-electron chi connectivity index (χ3n) is 2.71. The molecule has 2 heteroatoms. The number of nitrogens with one attached hydrogen (secondary N) is 1. The first-order valence-electron chi connectivity index (χ1n) is 5.21. The van der Waals surface area contributed by atoms with E-state index in [4.69, 9.17) is 4.74 Å². The lowest BCUT2D eigenvalue weighted by Crippen LogP contribution is -2.20. The summed E-state index contributed by atoms with van der Waals surface area (Å²) < 4.78 is 5.97. The molecule has 0 spiro atoms. The lowest BCUT2D eigenvalue weighted by molar-refractivity contribution is 0.220. The maximum atomic E-state index is 5.97. The van der Waals surface area contributed by atoms with Crippen LogP contribution >= 0.6 is 0 Å². The Balaban J connectivity index is 2.14. The molecule has 1 aliphatic heterocycles. The Bertz CT molecular complexity index is 296. The van der Waals surface area contributed by atoms with Gasteiger partial charge in [0.2, 0.25) is 0 Å². The maximum Gasteiger partial charge on any atom is 0.125 e. The van der Waals surface area contributed by atoms with E-state index in [-0.39, 0.29) is 0 Å². The van der Waals surface area contributed by atoms with Gasteiger partial charge in [-0.2, -0.15) is 0 Å². The zero-order valence-corrected chi connectivity index (χ0v) is 8.84. The molecule has 1 saturated heterocycles. The van der Waals surface area contributed by atoms with Gasteiger partial charge in [-0.3, -0.25) is 0 Å². The third-order valence-corrected chi connectivity index (χ3v) is 2.71. The standard InChI is InChI=1S/C12H17NO/c1-9-4-3-5-10(2)12(9)14-11-6-7-13-8-11/h3-5,11,13H,6-8H2,1-2H3/t11-/m0/s1. The Morgan fingerprint density at radius 3 is 2.57 bits per heavy atom. The van der Waals surface area contributed by atoms with Crippen LogP contribution in [0.25, 0.3) is 0 Å². The molecule has 1 fully saturated rings. The summed E-state index contributed by atoms with van der Waals surface area (Å²) in [6, 6.07) is 6.28. The number of hydrogen-bond acceptors (Lipinski definition) is 2. The summed E-state index contributed by atoms with van der Waals surface area (Å²) in [4.78, 5) is 0. The van der Waals surface area contributed by atoms with Crippen LogP contribution in [0.5, 0.6) is 5.75 Å². The molecule has 1 heterocycles. The summed E-state index contributed by atoms with van der Waals surface area (Å²) in [6.07, 6.45) is 1.48. The van der Waals surface area contributed by atoms with Crippen molar-refractivity contribution >= 4 is 0 Å². The first-order chi connectivity index (χ1) is 6.77. The highest BCUT2D eigenvalue weighted by Gasteiger charge is 2.17. The van der Waals surface area contributed by atoms with Gasteiger partial charge in [0.25, 0.3) is 0 Å². The van der Waals surface area contributed by atoms with E-state index in [9.17, 15) is 0 Å². The van der Waals surface area contributed by atoms with Gasteiger partial charge in [0, 0.05) is 6.54 Å². The highest BCUT2D eigenvalue weighted by Crippen LogP contribution is 2.24. The molecular formula is C12H17NO. The van der Waals surface area contributed by atoms with Crippen LogP contribution in [0.4, 0.5) is 0 Å². The monoisotopic (exact) mass is 191 g/mol. The number of ether oxygens (including phenoxy) is 1. The van der Waals surface area contributed by atoms with Crippen molar-refractivity contribution in [3.05, 3.63) is 29.3 Å². The number of benzene rings is 1. The van der Waals surface area contributed by atoms with Crippen LogP contribution in [-0.4, -0.2) is 19.2 Å². The van der Waals surface area contributed by atoms with E-state index in [0.717, 1.165) is 25.3 Å². The van der Waals surface area contributed by atoms with Gasteiger partial charge in [-0.1, -0.05) is 18.2 Å². The molecule has 1 atom stereocenters. The molecule has 76 valence electrons. The smallest absolute Gasteiger partial charge is 0.125 e. The summed E-state index contributed by atoms with van der Waals surface area (Å²) >= 11 is 0. The minimum atomic E-state index is 0.356.